The molecule has 0 aliphatic heterocycles. The van der Waals surface area contributed by atoms with Gasteiger partial charge in [-0.2, -0.15) is 0 Å². The Bertz CT molecular complexity index is 1100. The summed E-state index contributed by atoms with van der Waals surface area (Å²) in [6.45, 7) is 5.09. The van der Waals surface area contributed by atoms with Gasteiger partial charge in [-0.1, -0.05) is 50.2 Å². The average Bonchev–Trinajstić information content (AvgIpc) is 3.04. The van der Waals surface area contributed by atoms with Crippen LogP contribution in [0.2, 0.25) is 0 Å². The van der Waals surface area contributed by atoms with E-state index in [1.165, 1.54) is 4.88 Å². The Kier molecular flexibility index (Phi) is 5.88. The Morgan fingerprint density at radius 1 is 1.19 bits per heavy atom. The molecule has 4 N–H and O–H groups in total. The highest BCUT2D eigenvalue weighted by atomic mass is 32.1. The van der Waals surface area contributed by atoms with Gasteiger partial charge in [-0.15, -0.1) is 11.3 Å². The molecule has 0 saturated heterocycles. The zero-order valence-corrected chi connectivity index (χ0v) is 19.1. The lowest BCUT2D eigenvalue weighted by molar-refractivity contribution is 0.0696. The smallest absolute Gasteiger partial charge is 0.339 e. The van der Waals surface area contributed by atoms with Gasteiger partial charge in [0.25, 0.3) is 0 Å². The van der Waals surface area contributed by atoms with Crippen molar-refractivity contribution in [2.45, 2.75) is 39.7 Å². The maximum absolute atomic E-state index is 12.1. The second-order valence-electron chi connectivity index (χ2n) is 9.13. The minimum Gasteiger partial charge on any atom is -0.478 e. The first-order valence-corrected chi connectivity index (χ1v) is 11.3. The summed E-state index contributed by atoms with van der Waals surface area (Å²) >= 11 is 1.58. The highest BCUT2D eigenvalue weighted by Crippen LogP contribution is 2.44. The van der Waals surface area contributed by atoms with E-state index in [1.807, 2.05) is 31.3 Å². The molecule has 1 heterocycles. The standard InChI is InChI=1S/C25H29N3O2S/c1-25(2)13-12-21-20(14-25)22(24(29)30)23(31-21)27-18-10-8-16(9-11-18)19-7-5-4-6-17(19)15-28(3)26/h4-11,27H,12-15,26H2,1-3H3,(H,29,30). The van der Waals surface area contributed by atoms with E-state index in [-0.39, 0.29) is 5.41 Å². The van der Waals surface area contributed by atoms with E-state index in [0.717, 1.165) is 52.2 Å². The highest BCUT2D eigenvalue weighted by Gasteiger charge is 2.32. The Labute approximate surface area is 187 Å². The van der Waals surface area contributed by atoms with Crippen molar-refractivity contribution in [1.82, 2.24) is 5.01 Å². The van der Waals surface area contributed by atoms with Crippen molar-refractivity contribution >= 4 is 28.0 Å². The van der Waals surface area contributed by atoms with Crippen molar-refractivity contribution in [2.75, 3.05) is 12.4 Å². The number of aryl methyl sites for hydroxylation is 1. The Morgan fingerprint density at radius 3 is 2.58 bits per heavy atom. The van der Waals surface area contributed by atoms with Gasteiger partial charge in [0.05, 0.1) is 5.56 Å². The molecule has 0 unspecified atom stereocenters. The molecule has 0 bridgehead atoms. The number of fused-ring (bicyclic) bond motifs is 1. The number of hydrazine groups is 1. The number of nitrogens with two attached hydrogens (primary N) is 1. The molecule has 0 saturated carbocycles. The van der Waals surface area contributed by atoms with Crippen LogP contribution >= 0.6 is 11.3 Å². The van der Waals surface area contributed by atoms with E-state index in [2.05, 4.69) is 43.4 Å². The number of anilines is 2. The molecule has 1 aromatic heterocycles. The first kappa shape index (κ1) is 21.6. The highest BCUT2D eigenvalue weighted by molar-refractivity contribution is 7.16. The number of nitrogens with zero attached hydrogens (tertiary/aromatic N) is 1. The number of hydrogen-bond donors (Lipinski definition) is 3. The van der Waals surface area contributed by atoms with Gasteiger partial charge in [0.1, 0.15) is 5.00 Å². The molecule has 5 nitrogen and oxygen atoms in total. The van der Waals surface area contributed by atoms with Gasteiger partial charge >= 0.3 is 5.97 Å². The summed E-state index contributed by atoms with van der Waals surface area (Å²) in [5.41, 5.74) is 5.88. The summed E-state index contributed by atoms with van der Waals surface area (Å²) in [5.74, 6) is 5.00. The van der Waals surface area contributed by atoms with E-state index in [9.17, 15) is 9.90 Å². The minimum atomic E-state index is -0.853. The number of benzene rings is 2. The first-order valence-electron chi connectivity index (χ1n) is 10.5. The molecule has 6 heteroatoms. The SMILES string of the molecule is CN(N)Cc1ccccc1-c1ccc(Nc2sc3c(c2C(=O)O)CC(C)(C)CC3)cc1. The summed E-state index contributed by atoms with van der Waals surface area (Å²) in [7, 11) is 1.85. The van der Waals surface area contributed by atoms with Crippen LogP contribution in [0.1, 0.15) is 46.6 Å². The second-order valence-corrected chi connectivity index (χ2v) is 10.2. The molecule has 0 radical (unpaired) electrons. The van der Waals surface area contributed by atoms with Gasteiger partial charge in [-0.25, -0.2) is 9.80 Å². The van der Waals surface area contributed by atoms with Crippen LogP contribution in [0.3, 0.4) is 0 Å². The van der Waals surface area contributed by atoms with Crippen LogP contribution in [0, 0.1) is 5.41 Å². The van der Waals surface area contributed by atoms with Gasteiger partial charge < -0.3 is 10.4 Å². The molecule has 0 fully saturated rings. The van der Waals surface area contributed by atoms with E-state index in [4.69, 9.17) is 5.84 Å². The Morgan fingerprint density at radius 2 is 1.90 bits per heavy atom. The summed E-state index contributed by atoms with van der Waals surface area (Å²) in [6, 6.07) is 16.4. The topological polar surface area (TPSA) is 78.6 Å². The van der Waals surface area contributed by atoms with E-state index >= 15 is 0 Å². The number of thiophene rings is 1. The number of carboxylic acids is 1. The molecule has 1 aliphatic carbocycles. The quantitative estimate of drug-likeness (QED) is 0.343. The molecular weight excluding hydrogens is 406 g/mol. The first-order chi connectivity index (χ1) is 14.7. The van der Waals surface area contributed by atoms with Gasteiger partial charge in [0.2, 0.25) is 0 Å². The summed E-state index contributed by atoms with van der Waals surface area (Å²) in [5, 5.41) is 15.7. The van der Waals surface area contributed by atoms with Crippen LogP contribution in [-0.4, -0.2) is 23.1 Å². The van der Waals surface area contributed by atoms with Crippen molar-refractivity contribution < 1.29 is 9.90 Å². The van der Waals surface area contributed by atoms with Crippen molar-refractivity contribution in [3.63, 3.8) is 0 Å². The third kappa shape index (κ3) is 4.66. The van der Waals surface area contributed by atoms with Crippen molar-refractivity contribution in [3.8, 4) is 11.1 Å². The number of aromatic carboxylic acids is 1. The average molecular weight is 436 g/mol. The number of carboxylic acid groups (broad SMARTS) is 1. The lowest BCUT2D eigenvalue weighted by atomic mass is 9.76. The Hall–Kier alpha value is -2.67. The molecule has 0 amide bonds. The third-order valence-electron chi connectivity index (χ3n) is 5.88. The normalized spacial score (nSPS) is 15.0. The molecule has 31 heavy (non-hydrogen) atoms. The van der Waals surface area contributed by atoms with Gasteiger partial charge in [-0.05, 0) is 59.1 Å². The van der Waals surface area contributed by atoms with Crippen LogP contribution < -0.4 is 11.2 Å². The van der Waals surface area contributed by atoms with E-state index in [1.54, 1.807) is 16.3 Å². The number of nitrogens with one attached hydrogen (secondary N) is 1. The fourth-order valence-electron chi connectivity index (χ4n) is 4.31. The molecule has 0 atom stereocenters. The minimum absolute atomic E-state index is 0.141. The van der Waals surface area contributed by atoms with Crippen molar-refractivity contribution in [1.29, 1.82) is 0 Å². The maximum atomic E-state index is 12.1. The molecule has 2 aromatic carbocycles. The number of carbonyl (C=O) groups is 1. The van der Waals surface area contributed by atoms with Crippen LogP contribution in [0.15, 0.2) is 48.5 Å². The fourth-order valence-corrected chi connectivity index (χ4v) is 5.54. The van der Waals surface area contributed by atoms with Crippen molar-refractivity contribution in [3.05, 3.63) is 70.1 Å². The lowest BCUT2D eigenvalue weighted by Gasteiger charge is -2.29. The maximum Gasteiger partial charge on any atom is 0.339 e. The second kappa shape index (κ2) is 8.46. The van der Waals surface area contributed by atoms with Gasteiger partial charge in [-0.3, -0.25) is 5.84 Å². The predicted molar refractivity (Wildman–Crippen MR) is 128 cm³/mol. The largest absolute Gasteiger partial charge is 0.478 e. The molecule has 1 aliphatic rings. The van der Waals surface area contributed by atoms with Crippen LogP contribution in [0.25, 0.3) is 11.1 Å². The monoisotopic (exact) mass is 435 g/mol. The van der Waals surface area contributed by atoms with Crippen LogP contribution in [0.4, 0.5) is 10.7 Å². The summed E-state index contributed by atoms with van der Waals surface area (Å²) < 4.78 is 0. The van der Waals surface area contributed by atoms with Crippen molar-refractivity contribution in [2.24, 2.45) is 11.3 Å². The fraction of sp³-hybridized carbons (Fsp3) is 0.320. The van der Waals surface area contributed by atoms with Crippen LogP contribution in [0.5, 0.6) is 0 Å². The molecular formula is C25H29N3O2S. The van der Waals surface area contributed by atoms with E-state index < -0.39 is 5.97 Å². The predicted octanol–water partition coefficient (Wildman–Crippen LogP) is 5.68. The Balaban J connectivity index is 1.61. The summed E-state index contributed by atoms with van der Waals surface area (Å²) in [4.78, 5) is 13.3. The molecule has 4 rings (SSSR count). The lowest BCUT2D eigenvalue weighted by Crippen LogP contribution is -2.25. The third-order valence-corrected chi connectivity index (χ3v) is 7.09. The number of rotatable bonds is 6. The molecule has 0 spiro atoms. The summed E-state index contributed by atoms with van der Waals surface area (Å²) in [6.07, 6.45) is 2.85. The van der Waals surface area contributed by atoms with Gasteiger partial charge in [0.15, 0.2) is 0 Å². The van der Waals surface area contributed by atoms with Crippen LogP contribution in [-0.2, 0) is 19.4 Å². The zero-order valence-electron chi connectivity index (χ0n) is 18.2. The molecule has 162 valence electrons. The van der Waals surface area contributed by atoms with E-state index in [0.29, 0.717) is 12.1 Å². The number of hydrogen-bond acceptors (Lipinski definition) is 5. The molecule has 3 aromatic rings. The zero-order chi connectivity index (χ0) is 22.2. The van der Waals surface area contributed by atoms with Gasteiger partial charge in [0, 0.05) is 24.2 Å².